The third kappa shape index (κ3) is 7.55. The molecule has 1 unspecified atom stereocenters. The van der Waals surface area contributed by atoms with Gasteiger partial charge in [0.1, 0.15) is 5.75 Å². The summed E-state index contributed by atoms with van der Waals surface area (Å²) in [4.78, 5) is 2.47. The fourth-order valence-corrected chi connectivity index (χ4v) is 3.42. The third-order valence-corrected chi connectivity index (χ3v) is 5.64. The van der Waals surface area contributed by atoms with Gasteiger partial charge in [-0.25, -0.2) is 0 Å². The van der Waals surface area contributed by atoms with Gasteiger partial charge >= 0.3 is 0 Å². The van der Waals surface area contributed by atoms with Gasteiger partial charge in [-0.15, -0.1) is 12.4 Å². The van der Waals surface area contributed by atoms with E-state index in [2.05, 4.69) is 83.9 Å². The van der Waals surface area contributed by atoms with Crippen LogP contribution in [0.4, 0.5) is 0 Å². The summed E-state index contributed by atoms with van der Waals surface area (Å²) in [5, 5.41) is 0. The number of benzene rings is 2. The molecule has 25 heavy (non-hydrogen) atoms. The lowest BCUT2D eigenvalue weighted by atomic mass is 10.0. The minimum Gasteiger partial charge on any atom is -0.497 e. The molecule has 0 aliphatic heterocycles. The lowest BCUT2D eigenvalue weighted by Gasteiger charge is -2.25. The highest BCUT2D eigenvalue weighted by atomic mass is 127. The standard InChI is InChI=1S/C21H28INO.ClH/c1-17(15-19-16-20(24-3)12-13-21(19)22)23(2)14-8-7-11-18-9-5-4-6-10-18;/h4-6,9-10,12-13,16-17H,7-8,11,14-15H2,1-3H3;1H. The van der Waals surface area contributed by atoms with Crippen LogP contribution in [-0.4, -0.2) is 31.6 Å². The van der Waals surface area contributed by atoms with E-state index < -0.39 is 0 Å². The predicted molar refractivity (Wildman–Crippen MR) is 118 cm³/mol. The van der Waals surface area contributed by atoms with Gasteiger partial charge < -0.3 is 9.64 Å². The number of aryl methyl sites for hydroxylation is 1. The number of hydrogen-bond donors (Lipinski definition) is 0. The lowest BCUT2D eigenvalue weighted by Crippen LogP contribution is -2.32. The van der Waals surface area contributed by atoms with Crippen LogP contribution in [0.1, 0.15) is 30.9 Å². The minimum atomic E-state index is 0. The zero-order valence-electron chi connectivity index (χ0n) is 15.4. The van der Waals surface area contributed by atoms with E-state index in [9.17, 15) is 0 Å². The molecule has 1 atom stereocenters. The Hall–Kier alpha value is -0.780. The number of halogens is 2. The number of methoxy groups -OCH3 is 1. The first-order valence-corrected chi connectivity index (χ1v) is 9.74. The van der Waals surface area contributed by atoms with Crippen LogP contribution in [0.25, 0.3) is 0 Å². The molecule has 2 aromatic rings. The molecule has 0 heterocycles. The summed E-state index contributed by atoms with van der Waals surface area (Å²) in [5.74, 6) is 0.947. The number of rotatable bonds is 9. The summed E-state index contributed by atoms with van der Waals surface area (Å²) >= 11 is 2.42. The molecule has 0 aromatic heterocycles. The Labute approximate surface area is 172 Å². The minimum absolute atomic E-state index is 0. The molecule has 2 nitrogen and oxygen atoms in total. The van der Waals surface area contributed by atoms with Crippen molar-refractivity contribution in [3.05, 3.63) is 63.2 Å². The van der Waals surface area contributed by atoms with Crippen molar-refractivity contribution in [2.75, 3.05) is 20.7 Å². The van der Waals surface area contributed by atoms with E-state index in [1.54, 1.807) is 7.11 Å². The average Bonchev–Trinajstić information content (AvgIpc) is 2.61. The van der Waals surface area contributed by atoms with Gasteiger partial charge in [-0.3, -0.25) is 0 Å². The Kier molecular flexibility index (Phi) is 10.5. The number of likely N-dealkylation sites (N-methyl/N-ethyl adjacent to an activating group) is 1. The monoisotopic (exact) mass is 473 g/mol. The second-order valence-corrected chi connectivity index (χ2v) is 7.60. The van der Waals surface area contributed by atoms with Crippen molar-refractivity contribution in [1.29, 1.82) is 0 Å². The number of ether oxygens (including phenoxy) is 1. The quantitative estimate of drug-likeness (QED) is 0.347. The first kappa shape index (κ1) is 22.3. The first-order valence-electron chi connectivity index (χ1n) is 8.66. The molecule has 0 radical (unpaired) electrons. The molecular weight excluding hydrogens is 445 g/mol. The highest BCUT2D eigenvalue weighted by Crippen LogP contribution is 2.21. The summed E-state index contributed by atoms with van der Waals surface area (Å²) in [6.45, 7) is 3.46. The summed E-state index contributed by atoms with van der Waals surface area (Å²) in [6.07, 6.45) is 4.73. The van der Waals surface area contributed by atoms with E-state index in [0.717, 1.165) is 18.7 Å². The molecule has 0 fully saturated rings. The summed E-state index contributed by atoms with van der Waals surface area (Å²) in [5.41, 5.74) is 2.82. The maximum atomic E-state index is 5.36. The fourth-order valence-electron chi connectivity index (χ4n) is 2.86. The van der Waals surface area contributed by atoms with Crippen LogP contribution < -0.4 is 4.74 Å². The molecular formula is C21H29ClINO. The fraction of sp³-hybridized carbons (Fsp3) is 0.429. The highest BCUT2D eigenvalue weighted by Gasteiger charge is 2.12. The van der Waals surface area contributed by atoms with Gasteiger partial charge in [0.2, 0.25) is 0 Å². The number of hydrogen-bond acceptors (Lipinski definition) is 2. The molecule has 0 aliphatic carbocycles. The molecule has 0 aliphatic rings. The number of nitrogens with zero attached hydrogens (tertiary/aromatic N) is 1. The Morgan fingerprint density at radius 3 is 2.48 bits per heavy atom. The molecule has 2 rings (SSSR count). The summed E-state index contributed by atoms with van der Waals surface area (Å²) < 4.78 is 6.67. The molecule has 4 heteroatoms. The van der Waals surface area contributed by atoms with Gasteiger partial charge in [-0.1, -0.05) is 30.3 Å². The Bertz CT molecular complexity index is 621. The topological polar surface area (TPSA) is 12.5 Å². The Balaban J connectivity index is 0.00000312. The normalized spacial score (nSPS) is 11.9. The lowest BCUT2D eigenvalue weighted by molar-refractivity contribution is 0.251. The Morgan fingerprint density at radius 1 is 1.08 bits per heavy atom. The number of unbranched alkanes of at least 4 members (excludes halogenated alkanes) is 1. The third-order valence-electron chi connectivity index (χ3n) is 4.59. The van der Waals surface area contributed by atoms with E-state index in [1.165, 1.54) is 34.0 Å². The van der Waals surface area contributed by atoms with Crippen LogP contribution in [0.2, 0.25) is 0 Å². The van der Waals surface area contributed by atoms with Crippen molar-refractivity contribution in [2.45, 2.75) is 38.6 Å². The van der Waals surface area contributed by atoms with Gasteiger partial charge in [-0.05, 0) is 98.1 Å². The summed E-state index contributed by atoms with van der Waals surface area (Å²) in [7, 11) is 3.97. The van der Waals surface area contributed by atoms with Gasteiger partial charge in [0.15, 0.2) is 0 Å². The van der Waals surface area contributed by atoms with Crippen LogP contribution in [0, 0.1) is 3.57 Å². The van der Waals surface area contributed by atoms with Crippen LogP contribution in [-0.2, 0) is 12.8 Å². The van der Waals surface area contributed by atoms with Crippen molar-refractivity contribution < 1.29 is 4.74 Å². The van der Waals surface area contributed by atoms with Crippen molar-refractivity contribution in [3.63, 3.8) is 0 Å². The first-order chi connectivity index (χ1) is 11.6. The van der Waals surface area contributed by atoms with E-state index in [4.69, 9.17) is 4.74 Å². The molecule has 2 aromatic carbocycles. The Morgan fingerprint density at radius 2 is 1.80 bits per heavy atom. The smallest absolute Gasteiger partial charge is 0.119 e. The molecule has 0 saturated heterocycles. The molecule has 138 valence electrons. The summed E-state index contributed by atoms with van der Waals surface area (Å²) in [6, 6.07) is 17.6. The van der Waals surface area contributed by atoms with Crippen molar-refractivity contribution in [3.8, 4) is 5.75 Å². The SMILES string of the molecule is COc1ccc(I)c(CC(C)N(C)CCCCc2ccccc2)c1.Cl. The van der Waals surface area contributed by atoms with Crippen molar-refractivity contribution in [1.82, 2.24) is 4.90 Å². The molecule has 0 spiro atoms. The predicted octanol–water partition coefficient (Wildman–Crippen LogP) is 5.61. The van der Waals surface area contributed by atoms with Gasteiger partial charge in [0.05, 0.1) is 7.11 Å². The maximum absolute atomic E-state index is 5.36. The highest BCUT2D eigenvalue weighted by molar-refractivity contribution is 14.1. The second kappa shape index (κ2) is 11.8. The van der Waals surface area contributed by atoms with Gasteiger partial charge in [0.25, 0.3) is 0 Å². The second-order valence-electron chi connectivity index (χ2n) is 6.43. The largest absolute Gasteiger partial charge is 0.497 e. The van der Waals surface area contributed by atoms with Crippen molar-refractivity contribution in [2.24, 2.45) is 0 Å². The molecule has 0 saturated carbocycles. The van der Waals surface area contributed by atoms with E-state index in [1.807, 2.05) is 6.07 Å². The van der Waals surface area contributed by atoms with E-state index >= 15 is 0 Å². The molecule has 0 amide bonds. The van der Waals surface area contributed by atoms with E-state index in [-0.39, 0.29) is 12.4 Å². The van der Waals surface area contributed by atoms with Crippen LogP contribution in [0.15, 0.2) is 48.5 Å². The van der Waals surface area contributed by atoms with Gasteiger partial charge in [-0.2, -0.15) is 0 Å². The van der Waals surface area contributed by atoms with Crippen LogP contribution in [0.5, 0.6) is 5.75 Å². The zero-order chi connectivity index (χ0) is 17.4. The zero-order valence-corrected chi connectivity index (χ0v) is 18.3. The maximum Gasteiger partial charge on any atom is 0.119 e. The van der Waals surface area contributed by atoms with E-state index in [0.29, 0.717) is 6.04 Å². The molecule has 0 bridgehead atoms. The van der Waals surface area contributed by atoms with Crippen LogP contribution >= 0.6 is 35.0 Å². The van der Waals surface area contributed by atoms with Crippen molar-refractivity contribution >= 4 is 35.0 Å². The van der Waals surface area contributed by atoms with Crippen LogP contribution in [0.3, 0.4) is 0 Å². The average molecular weight is 474 g/mol. The van der Waals surface area contributed by atoms with Gasteiger partial charge in [0, 0.05) is 9.61 Å². The molecule has 0 N–H and O–H groups in total.